The number of nitriles is 1. The minimum absolute atomic E-state index is 0.0614. The minimum atomic E-state index is -0.430. The highest BCUT2D eigenvalue weighted by Crippen LogP contribution is 2.23. The second-order valence-corrected chi connectivity index (χ2v) is 4.88. The van der Waals surface area contributed by atoms with Crippen LogP contribution in [-0.4, -0.2) is 11.9 Å². The van der Waals surface area contributed by atoms with Crippen molar-refractivity contribution in [1.29, 1.82) is 5.26 Å². The van der Waals surface area contributed by atoms with Crippen molar-refractivity contribution in [2.24, 2.45) is 0 Å². The van der Waals surface area contributed by atoms with Gasteiger partial charge in [0.05, 0.1) is 0 Å². The summed E-state index contributed by atoms with van der Waals surface area (Å²) in [6.07, 6.45) is 3.65. The fourth-order valence-electron chi connectivity index (χ4n) is 1.53. The molecule has 1 saturated carbocycles. The van der Waals surface area contributed by atoms with Crippen LogP contribution in [0.4, 0.5) is 5.69 Å². The zero-order valence-corrected chi connectivity index (χ0v) is 11.3. The average Bonchev–Trinajstić information content (AvgIpc) is 3.20. The Hall–Kier alpha value is -1.99. The molecule has 0 aromatic heterocycles. The molecule has 2 N–H and O–H groups in total. The van der Waals surface area contributed by atoms with Crippen LogP contribution in [0.1, 0.15) is 18.4 Å². The van der Waals surface area contributed by atoms with Gasteiger partial charge in [-0.1, -0.05) is 17.7 Å². The lowest BCUT2D eigenvalue weighted by Crippen LogP contribution is -2.18. The number of carbonyl (C=O) groups excluding carboxylic acids is 1. The van der Waals surface area contributed by atoms with E-state index in [1.165, 1.54) is 6.20 Å². The molecule has 1 fully saturated rings. The highest BCUT2D eigenvalue weighted by atomic mass is 35.5. The summed E-state index contributed by atoms with van der Waals surface area (Å²) in [6, 6.07) is 7.56. The number of amides is 1. The molecule has 0 heterocycles. The van der Waals surface area contributed by atoms with Crippen LogP contribution < -0.4 is 10.6 Å². The predicted octanol–water partition coefficient (Wildman–Crippen LogP) is 2.75. The molecule has 19 heavy (non-hydrogen) atoms. The minimum Gasteiger partial charge on any atom is -0.387 e. The molecular weight excluding hydrogens is 262 g/mol. The highest BCUT2D eigenvalue weighted by molar-refractivity contribution is 6.31. The number of benzene rings is 1. The third kappa shape index (κ3) is 3.49. The van der Waals surface area contributed by atoms with E-state index in [0.29, 0.717) is 16.8 Å². The number of hydrogen-bond donors (Lipinski definition) is 2. The van der Waals surface area contributed by atoms with Gasteiger partial charge in [-0.25, -0.2) is 0 Å². The van der Waals surface area contributed by atoms with E-state index in [0.717, 1.165) is 18.4 Å². The third-order valence-corrected chi connectivity index (χ3v) is 3.33. The van der Waals surface area contributed by atoms with Crippen LogP contribution in [0.2, 0.25) is 5.02 Å². The fraction of sp³-hybridized carbons (Fsp3) is 0.286. The molecule has 1 aliphatic rings. The Bertz CT molecular complexity index is 571. The van der Waals surface area contributed by atoms with E-state index in [-0.39, 0.29) is 5.57 Å². The second kappa shape index (κ2) is 5.77. The van der Waals surface area contributed by atoms with Gasteiger partial charge in [-0.15, -0.1) is 0 Å². The fourth-order valence-corrected chi connectivity index (χ4v) is 1.71. The molecular formula is C14H14ClN3O. The lowest BCUT2D eigenvalue weighted by atomic mass is 10.2. The molecule has 2 rings (SSSR count). The highest BCUT2D eigenvalue weighted by Gasteiger charge is 2.20. The maximum atomic E-state index is 12.0. The Kier molecular flexibility index (Phi) is 4.08. The van der Waals surface area contributed by atoms with Crippen molar-refractivity contribution in [2.75, 3.05) is 5.32 Å². The average molecular weight is 276 g/mol. The van der Waals surface area contributed by atoms with E-state index in [2.05, 4.69) is 10.6 Å². The summed E-state index contributed by atoms with van der Waals surface area (Å²) in [6.45, 7) is 1.82. The van der Waals surface area contributed by atoms with Crippen LogP contribution in [0.15, 0.2) is 30.0 Å². The molecule has 0 saturated heterocycles. The largest absolute Gasteiger partial charge is 0.387 e. The monoisotopic (exact) mass is 275 g/mol. The van der Waals surface area contributed by atoms with Crippen LogP contribution in [0, 0.1) is 18.3 Å². The van der Waals surface area contributed by atoms with E-state index in [1.54, 1.807) is 18.2 Å². The molecule has 0 bridgehead atoms. The normalized spacial score (nSPS) is 14.7. The summed E-state index contributed by atoms with van der Waals surface area (Å²) in [5, 5.41) is 15.3. The molecule has 5 heteroatoms. The number of anilines is 1. The lowest BCUT2D eigenvalue weighted by Gasteiger charge is -2.09. The van der Waals surface area contributed by atoms with E-state index in [9.17, 15) is 4.79 Å². The van der Waals surface area contributed by atoms with Crippen LogP contribution in [-0.2, 0) is 4.79 Å². The molecule has 0 unspecified atom stereocenters. The predicted molar refractivity (Wildman–Crippen MR) is 74.7 cm³/mol. The van der Waals surface area contributed by atoms with E-state index >= 15 is 0 Å². The molecule has 1 amide bonds. The number of carbonyl (C=O) groups is 1. The van der Waals surface area contributed by atoms with Crippen molar-refractivity contribution in [3.05, 3.63) is 40.6 Å². The Labute approximate surface area is 117 Å². The van der Waals surface area contributed by atoms with E-state index < -0.39 is 5.91 Å². The van der Waals surface area contributed by atoms with Gasteiger partial charge in [-0.3, -0.25) is 4.79 Å². The molecule has 1 aromatic carbocycles. The van der Waals surface area contributed by atoms with Gasteiger partial charge in [0.2, 0.25) is 0 Å². The quantitative estimate of drug-likeness (QED) is 0.656. The lowest BCUT2D eigenvalue weighted by molar-refractivity contribution is -0.112. The van der Waals surface area contributed by atoms with Crippen molar-refractivity contribution < 1.29 is 4.79 Å². The Balaban J connectivity index is 2.08. The molecule has 0 aliphatic heterocycles. The molecule has 0 radical (unpaired) electrons. The van der Waals surface area contributed by atoms with Crippen molar-refractivity contribution in [2.45, 2.75) is 25.8 Å². The van der Waals surface area contributed by atoms with Crippen LogP contribution in [0.3, 0.4) is 0 Å². The summed E-state index contributed by atoms with van der Waals surface area (Å²) >= 11 is 5.98. The standard InChI is InChI=1S/C14H14ClN3O/c1-9-12(15)3-2-4-13(9)18-14(19)10(7-16)8-17-11-5-6-11/h2-4,8,11,17H,5-6H2,1H3,(H,18,19)/b10-8-. The number of halogens is 1. The zero-order chi connectivity index (χ0) is 13.8. The first-order valence-electron chi connectivity index (χ1n) is 6.04. The number of nitrogens with zero attached hydrogens (tertiary/aromatic N) is 1. The van der Waals surface area contributed by atoms with Gasteiger partial charge in [0.25, 0.3) is 5.91 Å². The van der Waals surface area contributed by atoms with Crippen LogP contribution in [0.25, 0.3) is 0 Å². The molecule has 0 atom stereocenters. The maximum Gasteiger partial charge on any atom is 0.267 e. The Morgan fingerprint density at radius 3 is 2.89 bits per heavy atom. The van der Waals surface area contributed by atoms with Gasteiger partial charge in [0.15, 0.2) is 0 Å². The molecule has 1 aliphatic carbocycles. The molecule has 4 nitrogen and oxygen atoms in total. The molecule has 98 valence electrons. The summed E-state index contributed by atoms with van der Waals surface area (Å²) < 4.78 is 0. The van der Waals surface area contributed by atoms with E-state index in [4.69, 9.17) is 16.9 Å². The van der Waals surface area contributed by atoms with Gasteiger partial charge in [-0.2, -0.15) is 5.26 Å². The number of rotatable bonds is 4. The first kappa shape index (κ1) is 13.4. The van der Waals surface area contributed by atoms with Gasteiger partial charge in [0, 0.05) is 23.0 Å². The number of nitrogens with one attached hydrogen (secondary N) is 2. The van der Waals surface area contributed by atoms with Crippen molar-refractivity contribution in [3.8, 4) is 6.07 Å². The summed E-state index contributed by atoms with van der Waals surface area (Å²) in [7, 11) is 0. The Morgan fingerprint density at radius 1 is 1.53 bits per heavy atom. The Morgan fingerprint density at radius 2 is 2.26 bits per heavy atom. The first-order valence-corrected chi connectivity index (χ1v) is 6.42. The van der Waals surface area contributed by atoms with E-state index in [1.807, 2.05) is 13.0 Å². The maximum absolute atomic E-state index is 12.0. The zero-order valence-electron chi connectivity index (χ0n) is 10.5. The van der Waals surface area contributed by atoms with Crippen LogP contribution >= 0.6 is 11.6 Å². The SMILES string of the molecule is Cc1c(Cl)cccc1NC(=O)/C(C#N)=C\NC1CC1. The molecule has 0 spiro atoms. The first-order chi connectivity index (χ1) is 9.11. The van der Waals surface area contributed by atoms with Gasteiger partial charge in [-0.05, 0) is 37.5 Å². The van der Waals surface area contributed by atoms with Crippen molar-refractivity contribution in [3.63, 3.8) is 0 Å². The summed E-state index contributed by atoms with van der Waals surface area (Å²) in [5.41, 5.74) is 1.46. The number of hydrogen-bond acceptors (Lipinski definition) is 3. The van der Waals surface area contributed by atoms with Gasteiger partial charge >= 0.3 is 0 Å². The third-order valence-electron chi connectivity index (χ3n) is 2.92. The van der Waals surface area contributed by atoms with Gasteiger partial charge < -0.3 is 10.6 Å². The van der Waals surface area contributed by atoms with Crippen molar-refractivity contribution in [1.82, 2.24) is 5.32 Å². The topological polar surface area (TPSA) is 64.9 Å². The summed E-state index contributed by atoms with van der Waals surface area (Å²) in [5.74, 6) is -0.430. The molecule has 1 aromatic rings. The van der Waals surface area contributed by atoms with Crippen molar-refractivity contribution >= 4 is 23.2 Å². The second-order valence-electron chi connectivity index (χ2n) is 4.48. The summed E-state index contributed by atoms with van der Waals surface area (Å²) in [4.78, 5) is 12.0. The van der Waals surface area contributed by atoms with Gasteiger partial charge in [0.1, 0.15) is 11.6 Å². The van der Waals surface area contributed by atoms with Crippen LogP contribution in [0.5, 0.6) is 0 Å². The smallest absolute Gasteiger partial charge is 0.267 e.